The summed E-state index contributed by atoms with van der Waals surface area (Å²) in [7, 11) is 0. The Labute approximate surface area is 105 Å². The number of aryl methyl sites for hydroxylation is 2. The Bertz CT molecular complexity index is 615. The quantitative estimate of drug-likeness (QED) is 0.832. The van der Waals surface area contributed by atoms with E-state index in [2.05, 4.69) is 29.1 Å². The van der Waals surface area contributed by atoms with E-state index >= 15 is 0 Å². The van der Waals surface area contributed by atoms with Gasteiger partial charge in [-0.05, 0) is 18.9 Å². The fourth-order valence-electron chi connectivity index (χ4n) is 2.31. The second-order valence-corrected chi connectivity index (χ2v) is 4.52. The predicted octanol–water partition coefficient (Wildman–Crippen LogP) is 2.27. The van der Waals surface area contributed by atoms with Gasteiger partial charge in [0.15, 0.2) is 5.65 Å². The van der Waals surface area contributed by atoms with Crippen LogP contribution < -0.4 is 0 Å². The molecular formula is C13H16N4O. The first kappa shape index (κ1) is 11.2. The van der Waals surface area contributed by atoms with Crippen LogP contribution in [0.3, 0.4) is 0 Å². The Morgan fingerprint density at radius 2 is 2.28 bits per heavy atom. The predicted molar refractivity (Wildman–Crippen MR) is 69.7 cm³/mol. The van der Waals surface area contributed by atoms with Crippen LogP contribution >= 0.6 is 0 Å². The third kappa shape index (κ3) is 1.66. The maximum Gasteiger partial charge on any atom is 0.158 e. The van der Waals surface area contributed by atoms with Crippen molar-refractivity contribution in [1.29, 1.82) is 0 Å². The van der Waals surface area contributed by atoms with Crippen molar-refractivity contribution in [3.8, 4) is 0 Å². The van der Waals surface area contributed by atoms with Crippen LogP contribution in [0.5, 0.6) is 0 Å². The molecule has 1 aliphatic rings. The maximum absolute atomic E-state index is 5.06. The van der Waals surface area contributed by atoms with Gasteiger partial charge in [-0.2, -0.15) is 5.10 Å². The molecule has 0 radical (unpaired) electrons. The summed E-state index contributed by atoms with van der Waals surface area (Å²) >= 11 is 0. The first-order chi connectivity index (χ1) is 8.81. The van der Waals surface area contributed by atoms with Crippen molar-refractivity contribution in [2.75, 3.05) is 6.61 Å². The second-order valence-electron chi connectivity index (χ2n) is 4.52. The molecule has 5 nitrogen and oxygen atoms in total. The summed E-state index contributed by atoms with van der Waals surface area (Å²) in [4.78, 5) is 9.59. The molecule has 0 amide bonds. The first-order valence-electron chi connectivity index (χ1n) is 6.31. The molecule has 3 heterocycles. The molecule has 0 saturated carbocycles. The highest BCUT2D eigenvalue weighted by Crippen LogP contribution is 2.22. The van der Waals surface area contributed by atoms with Gasteiger partial charge in [0, 0.05) is 30.1 Å². The maximum atomic E-state index is 5.06. The molecule has 18 heavy (non-hydrogen) atoms. The average molecular weight is 244 g/mol. The summed E-state index contributed by atoms with van der Waals surface area (Å²) in [5.74, 6) is 0. The molecule has 5 heteroatoms. The van der Waals surface area contributed by atoms with Crippen LogP contribution in [0.4, 0.5) is 0 Å². The Morgan fingerprint density at radius 3 is 3.00 bits per heavy atom. The number of aromatic nitrogens is 3. The molecule has 0 aromatic carbocycles. The van der Waals surface area contributed by atoms with Crippen LogP contribution in [0.2, 0.25) is 0 Å². The van der Waals surface area contributed by atoms with Gasteiger partial charge in [0.05, 0.1) is 11.9 Å². The summed E-state index contributed by atoms with van der Waals surface area (Å²) in [6.45, 7) is 5.80. The zero-order valence-corrected chi connectivity index (χ0v) is 10.7. The van der Waals surface area contributed by atoms with Gasteiger partial charge in [0.2, 0.25) is 0 Å². The fourth-order valence-corrected chi connectivity index (χ4v) is 2.31. The van der Waals surface area contributed by atoms with Gasteiger partial charge in [-0.15, -0.1) is 0 Å². The standard InChI is InChI=1S/C13H16N4O/c1-3-5-17-13-11(8-15-17)9(2)10(7-14-13)12-4-6-18-16-12/h7-8H,3-6H2,1-2H3. The van der Waals surface area contributed by atoms with Crippen LogP contribution in [-0.4, -0.2) is 27.1 Å². The summed E-state index contributed by atoms with van der Waals surface area (Å²) in [6.07, 6.45) is 5.70. The molecule has 0 aliphatic carbocycles. The highest BCUT2D eigenvalue weighted by molar-refractivity contribution is 6.04. The molecule has 0 bridgehead atoms. The van der Waals surface area contributed by atoms with E-state index in [1.54, 1.807) is 0 Å². The molecule has 3 rings (SSSR count). The van der Waals surface area contributed by atoms with Crippen molar-refractivity contribution in [3.63, 3.8) is 0 Å². The van der Waals surface area contributed by atoms with Gasteiger partial charge in [-0.1, -0.05) is 12.1 Å². The van der Waals surface area contributed by atoms with Crippen molar-refractivity contribution < 1.29 is 4.84 Å². The number of rotatable bonds is 3. The van der Waals surface area contributed by atoms with Crippen LogP contribution in [0.15, 0.2) is 17.5 Å². The molecule has 0 fully saturated rings. The van der Waals surface area contributed by atoms with E-state index in [1.807, 2.05) is 17.1 Å². The van der Waals surface area contributed by atoms with E-state index in [0.29, 0.717) is 6.61 Å². The van der Waals surface area contributed by atoms with Gasteiger partial charge >= 0.3 is 0 Å². The molecule has 2 aromatic rings. The minimum absolute atomic E-state index is 0.669. The zero-order chi connectivity index (χ0) is 12.5. The van der Waals surface area contributed by atoms with Crippen LogP contribution in [0, 0.1) is 6.92 Å². The van der Waals surface area contributed by atoms with Gasteiger partial charge in [0.25, 0.3) is 0 Å². The summed E-state index contributed by atoms with van der Waals surface area (Å²) in [6, 6.07) is 0. The molecule has 94 valence electrons. The van der Waals surface area contributed by atoms with Crippen LogP contribution in [-0.2, 0) is 11.4 Å². The largest absolute Gasteiger partial charge is 0.395 e. The lowest BCUT2D eigenvalue weighted by Crippen LogP contribution is -2.04. The van der Waals surface area contributed by atoms with Gasteiger partial charge in [-0.3, -0.25) is 0 Å². The molecule has 0 saturated heterocycles. The van der Waals surface area contributed by atoms with E-state index < -0.39 is 0 Å². The smallest absolute Gasteiger partial charge is 0.158 e. The lowest BCUT2D eigenvalue weighted by atomic mass is 10.0. The SMILES string of the molecule is CCCn1ncc2c(C)c(C3=NOCC3)cnc21. The number of pyridine rings is 1. The minimum atomic E-state index is 0.669. The van der Waals surface area contributed by atoms with Crippen molar-refractivity contribution in [2.24, 2.45) is 5.16 Å². The third-order valence-corrected chi connectivity index (χ3v) is 3.29. The minimum Gasteiger partial charge on any atom is -0.395 e. The summed E-state index contributed by atoms with van der Waals surface area (Å²) in [5.41, 5.74) is 4.21. The van der Waals surface area contributed by atoms with E-state index in [-0.39, 0.29) is 0 Å². The number of fused-ring (bicyclic) bond motifs is 1. The molecule has 0 atom stereocenters. The number of oxime groups is 1. The average Bonchev–Trinajstić information content (AvgIpc) is 3.00. The monoisotopic (exact) mass is 244 g/mol. The van der Waals surface area contributed by atoms with E-state index in [1.165, 1.54) is 5.56 Å². The van der Waals surface area contributed by atoms with E-state index in [0.717, 1.165) is 41.7 Å². The topological polar surface area (TPSA) is 52.3 Å². The molecule has 0 unspecified atom stereocenters. The molecule has 2 aromatic heterocycles. The highest BCUT2D eigenvalue weighted by Gasteiger charge is 2.16. The molecule has 1 aliphatic heterocycles. The fraction of sp³-hybridized carbons (Fsp3) is 0.462. The number of hydrogen-bond acceptors (Lipinski definition) is 4. The molecule has 0 spiro atoms. The van der Waals surface area contributed by atoms with E-state index in [9.17, 15) is 0 Å². The third-order valence-electron chi connectivity index (χ3n) is 3.29. The highest BCUT2D eigenvalue weighted by atomic mass is 16.6. The van der Waals surface area contributed by atoms with Gasteiger partial charge < -0.3 is 4.84 Å². The Morgan fingerprint density at radius 1 is 1.39 bits per heavy atom. The van der Waals surface area contributed by atoms with E-state index in [4.69, 9.17) is 4.84 Å². The Balaban J connectivity index is 2.12. The normalized spacial score (nSPS) is 14.9. The number of hydrogen-bond donors (Lipinski definition) is 0. The van der Waals surface area contributed by atoms with Crippen molar-refractivity contribution in [1.82, 2.24) is 14.8 Å². The van der Waals surface area contributed by atoms with Crippen molar-refractivity contribution >= 4 is 16.7 Å². The van der Waals surface area contributed by atoms with Crippen LogP contribution in [0.1, 0.15) is 30.9 Å². The van der Waals surface area contributed by atoms with Crippen LogP contribution in [0.25, 0.3) is 11.0 Å². The van der Waals surface area contributed by atoms with Gasteiger partial charge in [0.1, 0.15) is 6.61 Å². The lowest BCUT2D eigenvalue weighted by molar-refractivity contribution is 0.174. The lowest BCUT2D eigenvalue weighted by Gasteiger charge is -2.05. The molecular weight excluding hydrogens is 228 g/mol. The summed E-state index contributed by atoms with van der Waals surface area (Å²) in [5, 5.41) is 9.57. The summed E-state index contributed by atoms with van der Waals surface area (Å²) < 4.78 is 1.96. The molecule has 0 N–H and O–H groups in total. The van der Waals surface area contributed by atoms with Crippen molar-refractivity contribution in [3.05, 3.63) is 23.5 Å². The second kappa shape index (κ2) is 4.40. The van der Waals surface area contributed by atoms with Crippen molar-refractivity contribution in [2.45, 2.75) is 33.2 Å². The zero-order valence-electron chi connectivity index (χ0n) is 10.7. The van der Waals surface area contributed by atoms with Gasteiger partial charge in [-0.25, -0.2) is 9.67 Å². The number of nitrogens with zero attached hydrogens (tertiary/aromatic N) is 4. The Hall–Kier alpha value is -1.91. The Kier molecular flexibility index (Phi) is 2.74. The first-order valence-corrected chi connectivity index (χ1v) is 6.31.